The van der Waals surface area contributed by atoms with Crippen LogP contribution < -0.4 is 9.80 Å². The Morgan fingerprint density at radius 1 is 0.349 bits per heavy atom. The van der Waals surface area contributed by atoms with Gasteiger partial charge in [-0.25, -0.2) is 0 Å². The number of fused-ring (bicyclic) bond motifs is 7. The SMILES string of the molecule is CC1(C)c2ccccc2N(c2c(N(c3ccc(-c4ccccc4)cc3)c3cc4ccccc4c4ccccc34)ccc3ccccc23)c2cc(-c3cccc4ccccc34)ccc21. The highest BCUT2D eigenvalue weighted by molar-refractivity contribution is 6.17. The zero-order valence-electron chi connectivity index (χ0n) is 35.3. The van der Waals surface area contributed by atoms with Crippen molar-refractivity contribution in [2.75, 3.05) is 9.80 Å². The lowest BCUT2D eigenvalue weighted by molar-refractivity contribution is 0.632. The summed E-state index contributed by atoms with van der Waals surface area (Å²) in [7, 11) is 0. The van der Waals surface area contributed by atoms with Crippen LogP contribution in [0.2, 0.25) is 0 Å². The molecule has 0 aromatic heterocycles. The zero-order valence-corrected chi connectivity index (χ0v) is 35.3. The van der Waals surface area contributed by atoms with Crippen molar-refractivity contribution in [3.8, 4) is 22.3 Å². The fourth-order valence-electron chi connectivity index (χ4n) is 10.3. The molecule has 1 aliphatic heterocycles. The van der Waals surface area contributed by atoms with Crippen molar-refractivity contribution in [2.24, 2.45) is 0 Å². The molecule has 1 aliphatic rings. The van der Waals surface area contributed by atoms with Gasteiger partial charge in [-0.3, -0.25) is 0 Å². The molecule has 0 spiro atoms. The molecule has 2 heteroatoms. The molecule has 63 heavy (non-hydrogen) atoms. The minimum Gasteiger partial charge on any atom is -0.308 e. The minimum atomic E-state index is -0.258. The van der Waals surface area contributed by atoms with Crippen LogP contribution in [0.3, 0.4) is 0 Å². The smallest absolute Gasteiger partial charge is 0.0781 e. The fraction of sp³-hybridized carbons (Fsp3) is 0.0492. The van der Waals surface area contributed by atoms with Gasteiger partial charge >= 0.3 is 0 Å². The molecule has 11 aromatic rings. The van der Waals surface area contributed by atoms with Crippen molar-refractivity contribution in [2.45, 2.75) is 19.3 Å². The van der Waals surface area contributed by atoms with Gasteiger partial charge in [0.05, 0.1) is 28.4 Å². The third kappa shape index (κ3) is 5.94. The predicted octanol–water partition coefficient (Wildman–Crippen LogP) is 17.2. The van der Waals surface area contributed by atoms with E-state index in [4.69, 9.17) is 0 Å². The highest BCUT2D eigenvalue weighted by Gasteiger charge is 2.39. The number of hydrogen-bond acceptors (Lipinski definition) is 2. The molecule has 0 bridgehead atoms. The van der Waals surface area contributed by atoms with Gasteiger partial charge in [0.2, 0.25) is 0 Å². The van der Waals surface area contributed by atoms with E-state index in [-0.39, 0.29) is 5.41 Å². The molecule has 0 aliphatic carbocycles. The van der Waals surface area contributed by atoms with Crippen molar-refractivity contribution < 1.29 is 0 Å². The van der Waals surface area contributed by atoms with Crippen molar-refractivity contribution in [3.05, 3.63) is 242 Å². The van der Waals surface area contributed by atoms with Crippen molar-refractivity contribution in [3.63, 3.8) is 0 Å². The molecular formula is C61H44N2. The van der Waals surface area contributed by atoms with Crippen LogP contribution in [-0.2, 0) is 5.41 Å². The number of rotatable bonds is 6. The normalized spacial score (nSPS) is 13.0. The first-order chi connectivity index (χ1) is 31.0. The topological polar surface area (TPSA) is 6.48 Å². The van der Waals surface area contributed by atoms with E-state index < -0.39 is 0 Å². The first-order valence-electron chi connectivity index (χ1n) is 21.9. The standard InChI is InChI=1S/C61H44N2/c1-61(2)54-29-14-15-30-56(54)63(59-40-46(33-37-55(59)61)49-28-16-22-43-19-6-9-23-48(43)49)60-51-25-11-7-20-44(51)34-38-57(60)62(47-35-31-42(32-36-47)41-17-4-3-5-18-41)58-39-45-21-8-10-24-50(45)52-26-12-13-27-53(52)58/h3-40H,1-2H3. The second-order valence-corrected chi connectivity index (χ2v) is 17.3. The Balaban J connectivity index is 1.18. The molecule has 1 heterocycles. The summed E-state index contributed by atoms with van der Waals surface area (Å²) in [4.78, 5) is 5.10. The van der Waals surface area contributed by atoms with Crippen LogP contribution >= 0.6 is 0 Å². The fourth-order valence-corrected chi connectivity index (χ4v) is 10.3. The van der Waals surface area contributed by atoms with Gasteiger partial charge in [0.1, 0.15) is 0 Å². The van der Waals surface area contributed by atoms with Crippen LogP contribution in [0.1, 0.15) is 25.0 Å². The first kappa shape index (κ1) is 36.9. The Morgan fingerprint density at radius 3 is 1.71 bits per heavy atom. The maximum Gasteiger partial charge on any atom is 0.0781 e. The summed E-state index contributed by atoms with van der Waals surface area (Å²) in [6.45, 7) is 4.76. The molecule has 0 saturated carbocycles. The summed E-state index contributed by atoms with van der Waals surface area (Å²) in [5.74, 6) is 0. The van der Waals surface area contributed by atoms with E-state index in [0.29, 0.717) is 0 Å². The number of para-hydroxylation sites is 1. The highest BCUT2D eigenvalue weighted by atomic mass is 15.2. The van der Waals surface area contributed by atoms with E-state index in [9.17, 15) is 0 Å². The summed E-state index contributed by atoms with van der Waals surface area (Å²) in [6.07, 6.45) is 0. The summed E-state index contributed by atoms with van der Waals surface area (Å²) < 4.78 is 0. The van der Waals surface area contributed by atoms with E-state index in [2.05, 4.69) is 254 Å². The Labute approximate surface area is 368 Å². The van der Waals surface area contributed by atoms with E-state index in [1.54, 1.807) is 0 Å². The van der Waals surface area contributed by atoms with E-state index in [0.717, 1.165) is 22.7 Å². The van der Waals surface area contributed by atoms with Gasteiger partial charge in [-0.05, 0) is 102 Å². The number of hydrogen-bond donors (Lipinski definition) is 0. The number of nitrogens with zero attached hydrogens (tertiary/aromatic N) is 2. The molecule has 12 rings (SSSR count). The molecule has 0 radical (unpaired) electrons. The Kier molecular flexibility index (Phi) is 8.55. The number of anilines is 6. The predicted molar refractivity (Wildman–Crippen MR) is 269 cm³/mol. The maximum atomic E-state index is 2.58. The van der Waals surface area contributed by atoms with Gasteiger partial charge in [-0.15, -0.1) is 0 Å². The molecule has 11 aromatic carbocycles. The summed E-state index contributed by atoms with van der Waals surface area (Å²) in [5.41, 5.74) is 14.0. The van der Waals surface area contributed by atoms with Gasteiger partial charge in [0.25, 0.3) is 0 Å². The Bertz CT molecular complexity index is 3540. The third-order valence-corrected chi connectivity index (χ3v) is 13.4. The van der Waals surface area contributed by atoms with Crippen LogP contribution in [0, 0.1) is 0 Å². The lowest BCUT2D eigenvalue weighted by Gasteiger charge is -2.44. The maximum absolute atomic E-state index is 2.58. The van der Waals surface area contributed by atoms with Crippen molar-refractivity contribution >= 4 is 77.2 Å². The lowest BCUT2D eigenvalue weighted by atomic mass is 9.73. The molecule has 0 fully saturated rings. The van der Waals surface area contributed by atoms with Crippen LogP contribution in [0.15, 0.2) is 231 Å². The molecule has 0 unspecified atom stereocenters. The largest absolute Gasteiger partial charge is 0.308 e. The van der Waals surface area contributed by atoms with E-state index >= 15 is 0 Å². The van der Waals surface area contributed by atoms with Crippen LogP contribution in [0.25, 0.3) is 65.3 Å². The van der Waals surface area contributed by atoms with E-state index in [1.807, 2.05) is 0 Å². The van der Waals surface area contributed by atoms with Gasteiger partial charge in [-0.1, -0.05) is 208 Å². The molecular weight excluding hydrogens is 761 g/mol. The van der Waals surface area contributed by atoms with Crippen molar-refractivity contribution in [1.29, 1.82) is 0 Å². The minimum absolute atomic E-state index is 0.258. The first-order valence-corrected chi connectivity index (χ1v) is 21.9. The summed E-state index contributed by atoms with van der Waals surface area (Å²) in [5, 5.41) is 9.74. The van der Waals surface area contributed by atoms with Crippen LogP contribution in [0.4, 0.5) is 34.1 Å². The molecule has 0 saturated heterocycles. The Morgan fingerprint density at radius 2 is 0.921 bits per heavy atom. The Hall–Kier alpha value is -7.94. The van der Waals surface area contributed by atoms with Crippen LogP contribution in [-0.4, -0.2) is 0 Å². The number of benzene rings is 11. The van der Waals surface area contributed by atoms with Crippen LogP contribution in [0.5, 0.6) is 0 Å². The quantitative estimate of drug-likeness (QED) is 0.155. The average Bonchev–Trinajstić information content (AvgIpc) is 3.34. The molecule has 298 valence electrons. The van der Waals surface area contributed by atoms with Gasteiger partial charge in [0.15, 0.2) is 0 Å². The molecule has 2 nitrogen and oxygen atoms in total. The van der Waals surface area contributed by atoms with Gasteiger partial charge in [-0.2, -0.15) is 0 Å². The summed E-state index contributed by atoms with van der Waals surface area (Å²) in [6, 6.07) is 85.0. The van der Waals surface area contributed by atoms with Gasteiger partial charge < -0.3 is 9.80 Å². The molecule has 0 N–H and O–H groups in total. The monoisotopic (exact) mass is 804 g/mol. The zero-order chi connectivity index (χ0) is 42.1. The average molecular weight is 805 g/mol. The molecule has 0 amide bonds. The van der Waals surface area contributed by atoms with Crippen molar-refractivity contribution in [1.82, 2.24) is 0 Å². The lowest BCUT2D eigenvalue weighted by Crippen LogP contribution is -2.31. The molecule has 0 atom stereocenters. The second-order valence-electron chi connectivity index (χ2n) is 17.3. The highest BCUT2D eigenvalue weighted by Crippen LogP contribution is 2.57. The second kappa shape index (κ2) is 14.6. The van der Waals surface area contributed by atoms with E-state index in [1.165, 1.54) is 87.8 Å². The van der Waals surface area contributed by atoms with Gasteiger partial charge in [0, 0.05) is 21.9 Å². The summed E-state index contributed by atoms with van der Waals surface area (Å²) >= 11 is 0. The third-order valence-electron chi connectivity index (χ3n) is 13.4.